The molecule has 3 rings (SSSR count). The Balaban J connectivity index is 2.14. The van der Waals surface area contributed by atoms with E-state index in [1.807, 2.05) is 6.07 Å². The Labute approximate surface area is 136 Å². The number of hydrogen-bond donors (Lipinski definition) is 0. The van der Waals surface area contributed by atoms with Crippen LogP contribution in [0.3, 0.4) is 0 Å². The van der Waals surface area contributed by atoms with Crippen LogP contribution in [0.5, 0.6) is 11.5 Å². The lowest BCUT2D eigenvalue weighted by Crippen LogP contribution is -2.02. The fourth-order valence-corrected chi connectivity index (χ4v) is 3.62. The highest BCUT2D eigenvalue weighted by atomic mass is 79.9. The number of hydrogen-bond acceptors (Lipinski definition) is 2. The van der Waals surface area contributed by atoms with E-state index in [1.165, 1.54) is 13.2 Å². The zero-order valence-corrected chi connectivity index (χ0v) is 13.7. The van der Waals surface area contributed by atoms with Gasteiger partial charge < -0.3 is 9.47 Å². The molecule has 2 aromatic rings. The van der Waals surface area contributed by atoms with Crippen LogP contribution in [0.4, 0.5) is 4.39 Å². The van der Waals surface area contributed by atoms with Gasteiger partial charge in [-0.3, -0.25) is 0 Å². The largest absolute Gasteiger partial charge is 0.496 e. The maximum Gasteiger partial charge on any atom is 0.131 e. The van der Waals surface area contributed by atoms with Gasteiger partial charge in [0.05, 0.1) is 18.5 Å². The first-order valence-corrected chi connectivity index (χ1v) is 7.82. The number of alkyl halides is 1. The Morgan fingerprint density at radius 2 is 2.19 bits per heavy atom. The van der Waals surface area contributed by atoms with Gasteiger partial charge in [-0.05, 0) is 29.8 Å². The average molecular weight is 372 g/mol. The van der Waals surface area contributed by atoms with Crippen LogP contribution in [0.25, 0.3) is 0 Å². The monoisotopic (exact) mass is 370 g/mol. The van der Waals surface area contributed by atoms with Gasteiger partial charge >= 0.3 is 0 Å². The minimum absolute atomic E-state index is 0.331. The molecule has 0 aromatic heterocycles. The first-order valence-electron chi connectivity index (χ1n) is 6.53. The van der Waals surface area contributed by atoms with Crippen molar-refractivity contribution in [3.05, 3.63) is 57.9 Å². The van der Waals surface area contributed by atoms with E-state index in [-0.39, 0.29) is 10.6 Å². The van der Waals surface area contributed by atoms with E-state index in [0.717, 1.165) is 23.3 Å². The van der Waals surface area contributed by atoms with E-state index in [0.29, 0.717) is 22.9 Å². The van der Waals surface area contributed by atoms with Gasteiger partial charge in [-0.1, -0.05) is 33.6 Å². The SMILES string of the molecule is COc1cccc(F)c1C(Br)c1cc(Cl)cc2c1OCC2. The molecule has 1 aliphatic heterocycles. The minimum Gasteiger partial charge on any atom is -0.496 e. The Hall–Kier alpha value is -1.26. The van der Waals surface area contributed by atoms with E-state index >= 15 is 0 Å². The first-order chi connectivity index (χ1) is 10.1. The molecule has 1 unspecified atom stereocenters. The second kappa shape index (κ2) is 5.85. The quantitative estimate of drug-likeness (QED) is 0.714. The maximum atomic E-state index is 14.2. The van der Waals surface area contributed by atoms with Gasteiger partial charge in [0.15, 0.2) is 0 Å². The van der Waals surface area contributed by atoms with Crippen LogP contribution in [-0.4, -0.2) is 13.7 Å². The molecule has 0 radical (unpaired) electrons. The van der Waals surface area contributed by atoms with Gasteiger partial charge in [0, 0.05) is 22.6 Å². The number of methoxy groups -OCH3 is 1. The molecule has 2 aromatic carbocycles. The predicted octanol–water partition coefficient (Wildman–Crippen LogP) is 4.91. The number of benzene rings is 2. The van der Waals surface area contributed by atoms with Crippen LogP contribution in [-0.2, 0) is 6.42 Å². The van der Waals surface area contributed by atoms with Crippen molar-refractivity contribution >= 4 is 27.5 Å². The lowest BCUT2D eigenvalue weighted by atomic mass is 10.00. The highest BCUT2D eigenvalue weighted by Crippen LogP contribution is 2.45. The number of rotatable bonds is 3. The van der Waals surface area contributed by atoms with Gasteiger partial charge in [0.2, 0.25) is 0 Å². The second-order valence-corrected chi connectivity index (χ2v) is 6.15. The highest BCUT2D eigenvalue weighted by molar-refractivity contribution is 9.09. The molecule has 21 heavy (non-hydrogen) atoms. The molecule has 0 fully saturated rings. The zero-order chi connectivity index (χ0) is 15.0. The van der Waals surface area contributed by atoms with Crippen molar-refractivity contribution in [3.8, 4) is 11.5 Å². The van der Waals surface area contributed by atoms with Gasteiger partial charge in [-0.25, -0.2) is 4.39 Å². The Kier molecular flexibility index (Phi) is 4.09. The van der Waals surface area contributed by atoms with Crippen molar-refractivity contribution in [2.75, 3.05) is 13.7 Å². The van der Waals surface area contributed by atoms with Crippen molar-refractivity contribution < 1.29 is 13.9 Å². The zero-order valence-electron chi connectivity index (χ0n) is 11.3. The summed E-state index contributed by atoms with van der Waals surface area (Å²) in [6, 6.07) is 8.47. The number of fused-ring (bicyclic) bond motifs is 1. The van der Waals surface area contributed by atoms with Crippen LogP contribution < -0.4 is 9.47 Å². The molecule has 0 amide bonds. The average Bonchev–Trinajstić information content (AvgIpc) is 2.93. The molecule has 5 heteroatoms. The normalized spacial score (nSPS) is 14.5. The Bertz CT molecular complexity index is 690. The lowest BCUT2D eigenvalue weighted by molar-refractivity contribution is 0.353. The van der Waals surface area contributed by atoms with E-state index in [2.05, 4.69) is 15.9 Å². The van der Waals surface area contributed by atoms with Crippen molar-refractivity contribution in [2.45, 2.75) is 11.2 Å². The Morgan fingerprint density at radius 1 is 1.38 bits per heavy atom. The molecule has 0 aliphatic carbocycles. The topological polar surface area (TPSA) is 18.5 Å². The molecule has 1 atom stereocenters. The first kappa shape index (κ1) is 14.7. The molecule has 0 saturated heterocycles. The van der Waals surface area contributed by atoms with E-state index in [4.69, 9.17) is 21.1 Å². The summed E-state index contributed by atoms with van der Waals surface area (Å²) in [5, 5.41) is 0.619. The van der Waals surface area contributed by atoms with Gasteiger partial charge in [0.25, 0.3) is 0 Å². The smallest absolute Gasteiger partial charge is 0.131 e. The summed E-state index contributed by atoms with van der Waals surface area (Å²) >= 11 is 9.74. The molecule has 0 N–H and O–H groups in total. The third-order valence-electron chi connectivity index (χ3n) is 3.54. The maximum absolute atomic E-state index is 14.2. The van der Waals surface area contributed by atoms with Crippen LogP contribution in [0.15, 0.2) is 30.3 Å². The van der Waals surface area contributed by atoms with Crippen molar-refractivity contribution in [1.82, 2.24) is 0 Å². The van der Waals surface area contributed by atoms with Gasteiger partial charge in [-0.2, -0.15) is 0 Å². The summed E-state index contributed by atoms with van der Waals surface area (Å²) in [5.74, 6) is 0.943. The van der Waals surface area contributed by atoms with E-state index in [1.54, 1.807) is 18.2 Å². The molecule has 0 bridgehead atoms. The highest BCUT2D eigenvalue weighted by Gasteiger charge is 2.26. The third-order valence-corrected chi connectivity index (χ3v) is 4.71. The van der Waals surface area contributed by atoms with Crippen LogP contribution >= 0.6 is 27.5 Å². The molecule has 0 saturated carbocycles. The molecular weight excluding hydrogens is 359 g/mol. The van der Waals surface area contributed by atoms with Crippen molar-refractivity contribution in [1.29, 1.82) is 0 Å². The fourth-order valence-electron chi connectivity index (χ4n) is 2.58. The summed E-state index contributed by atoms with van der Waals surface area (Å²) in [7, 11) is 1.52. The van der Waals surface area contributed by atoms with Crippen LogP contribution in [0.1, 0.15) is 21.5 Å². The molecule has 110 valence electrons. The Morgan fingerprint density at radius 3 is 2.95 bits per heavy atom. The summed E-state index contributed by atoms with van der Waals surface area (Å²) in [4.78, 5) is -0.390. The van der Waals surface area contributed by atoms with Crippen molar-refractivity contribution in [2.24, 2.45) is 0 Å². The number of ether oxygens (including phenoxy) is 2. The van der Waals surface area contributed by atoms with Gasteiger partial charge in [-0.15, -0.1) is 0 Å². The second-order valence-electron chi connectivity index (χ2n) is 4.80. The molecule has 2 nitrogen and oxygen atoms in total. The summed E-state index contributed by atoms with van der Waals surface area (Å²) in [6.45, 7) is 0.622. The molecule has 1 aliphatic rings. The lowest BCUT2D eigenvalue weighted by Gasteiger charge is -2.18. The van der Waals surface area contributed by atoms with Gasteiger partial charge in [0.1, 0.15) is 17.3 Å². The summed E-state index contributed by atoms with van der Waals surface area (Å²) in [6.07, 6.45) is 0.816. The van der Waals surface area contributed by atoms with Crippen LogP contribution in [0.2, 0.25) is 5.02 Å². The fraction of sp³-hybridized carbons (Fsp3) is 0.250. The summed E-state index contributed by atoms with van der Waals surface area (Å²) in [5.41, 5.74) is 2.32. The summed E-state index contributed by atoms with van der Waals surface area (Å²) < 4.78 is 25.2. The molecule has 1 heterocycles. The number of halogens is 3. The third kappa shape index (κ3) is 2.62. The predicted molar refractivity (Wildman–Crippen MR) is 84.4 cm³/mol. The minimum atomic E-state index is -0.390. The van der Waals surface area contributed by atoms with E-state index in [9.17, 15) is 4.39 Å². The van der Waals surface area contributed by atoms with Crippen molar-refractivity contribution in [3.63, 3.8) is 0 Å². The standard InChI is InChI=1S/C16H13BrClFO2/c1-20-13-4-2-3-12(19)14(13)15(17)11-8-10(18)7-9-5-6-21-16(9)11/h2-4,7-8,15H,5-6H2,1H3. The molecular formula is C16H13BrClFO2. The van der Waals surface area contributed by atoms with Crippen LogP contribution in [0, 0.1) is 5.82 Å². The van der Waals surface area contributed by atoms with E-state index < -0.39 is 0 Å². The molecule has 0 spiro atoms.